The maximum absolute atomic E-state index is 13.3. The number of Topliss-reactive ketones (excluding diaryl/α,β-unsaturated/α-hetero) is 2. The van der Waals surface area contributed by atoms with E-state index in [9.17, 15) is 14.4 Å². The Morgan fingerprint density at radius 3 is 2.09 bits per heavy atom. The third-order valence-electron chi connectivity index (χ3n) is 7.31. The number of hydrogen-bond acceptors (Lipinski definition) is 3. The summed E-state index contributed by atoms with van der Waals surface area (Å²) in [6.07, 6.45) is 4.06. The van der Waals surface area contributed by atoms with Gasteiger partial charge in [0.1, 0.15) is 17.5 Å². The van der Waals surface area contributed by atoms with Crippen molar-refractivity contribution in [3.8, 4) is 11.8 Å². The van der Waals surface area contributed by atoms with Gasteiger partial charge in [-0.3, -0.25) is 14.4 Å². The average molecular weight is 442 g/mol. The fourth-order valence-corrected chi connectivity index (χ4v) is 5.74. The van der Waals surface area contributed by atoms with Crippen LogP contribution in [0.2, 0.25) is 0 Å². The summed E-state index contributed by atoms with van der Waals surface area (Å²) in [6.45, 7) is 5.73. The largest absolute Gasteiger partial charge is 0.349 e. The van der Waals surface area contributed by atoms with Gasteiger partial charge in [-0.05, 0) is 92.8 Å². The van der Waals surface area contributed by atoms with E-state index in [1.54, 1.807) is 6.92 Å². The van der Waals surface area contributed by atoms with Crippen molar-refractivity contribution in [2.75, 3.05) is 0 Å². The zero-order valence-corrected chi connectivity index (χ0v) is 19.7. The van der Waals surface area contributed by atoms with Crippen molar-refractivity contribution in [1.29, 1.82) is 0 Å². The lowest BCUT2D eigenvalue weighted by atomic mass is 9.60. The molecule has 2 aliphatic carbocycles. The molecule has 170 valence electrons. The van der Waals surface area contributed by atoms with Gasteiger partial charge in [0.25, 0.3) is 5.91 Å². The normalized spacial score (nSPS) is 24.8. The lowest BCUT2D eigenvalue weighted by molar-refractivity contribution is -0.138. The standard InChI is InChI=1S/C29H31NO3/c1-4-8-21-15-19(2)26(20(3)16-21)27-24(31)17-29(18-25(27)32)13-11-23(12-14-29)30-28(33)22-9-6-5-7-10-22/h5-7,9-10,15-16,23,27H,11-14,17-18H2,1-3H3,(H,30,33). The quantitative estimate of drug-likeness (QED) is 0.536. The summed E-state index contributed by atoms with van der Waals surface area (Å²) in [5.74, 6) is 5.34. The van der Waals surface area contributed by atoms with Crippen molar-refractivity contribution < 1.29 is 14.4 Å². The molecule has 2 aromatic rings. The second-order valence-corrected chi connectivity index (χ2v) is 9.73. The second-order valence-electron chi connectivity index (χ2n) is 9.73. The molecular weight excluding hydrogens is 410 g/mol. The monoisotopic (exact) mass is 441 g/mol. The number of carbonyl (C=O) groups is 3. The Bertz CT molecular complexity index is 1100. The molecule has 4 heteroatoms. The van der Waals surface area contributed by atoms with Crippen LogP contribution >= 0.6 is 0 Å². The highest BCUT2D eigenvalue weighted by Gasteiger charge is 2.47. The summed E-state index contributed by atoms with van der Waals surface area (Å²) in [7, 11) is 0. The van der Waals surface area contributed by atoms with Gasteiger partial charge in [-0.1, -0.05) is 24.1 Å². The van der Waals surface area contributed by atoms with E-state index < -0.39 is 5.92 Å². The first-order valence-corrected chi connectivity index (χ1v) is 11.8. The molecule has 33 heavy (non-hydrogen) atoms. The molecule has 1 spiro atoms. The van der Waals surface area contributed by atoms with Gasteiger partial charge in [0.05, 0.1) is 0 Å². The highest BCUT2D eigenvalue weighted by atomic mass is 16.2. The van der Waals surface area contributed by atoms with Crippen LogP contribution in [0.25, 0.3) is 0 Å². The number of ketones is 2. The molecule has 0 atom stereocenters. The van der Waals surface area contributed by atoms with E-state index in [2.05, 4.69) is 17.2 Å². The SMILES string of the molecule is CC#Cc1cc(C)c(C2C(=O)CC3(CCC(NC(=O)c4ccccc4)CC3)CC2=O)c(C)c1. The third-order valence-corrected chi connectivity index (χ3v) is 7.31. The van der Waals surface area contributed by atoms with Gasteiger partial charge >= 0.3 is 0 Å². The van der Waals surface area contributed by atoms with E-state index in [-0.39, 0.29) is 28.9 Å². The molecule has 0 unspecified atom stereocenters. The summed E-state index contributed by atoms with van der Waals surface area (Å²) >= 11 is 0. The van der Waals surface area contributed by atoms with Gasteiger partial charge in [0, 0.05) is 30.0 Å². The maximum atomic E-state index is 13.3. The Morgan fingerprint density at radius 2 is 1.55 bits per heavy atom. The molecule has 2 aliphatic rings. The van der Waals surface area contributed by atoms with E-state index in [1.165, 1.54) is 0 Å². The van der Waals surface area contributed by atoms with Gasteiger partial charge in [0.15, 0.2) is 0 Å². The Labute approximate surface area is 196 Å². The molecule has 0 radical (unpaired) electrons. The first kappa shape index (κ1) is 23.0. The summed E-state index contributed by atoms with van der Waals surface area (Å²) in [5, 5.41) is 3.12. The van der Waals surface area contributed by atoms with E-state index in [0.29, 0.717) is 18.4 Å². The van der Waals surface area contributed by atoms with Crippen LogP contribution in [0.4, 0.5) is 0 Å². The van der Waals surface area contributed by atoms with Crippen molar-refractivity contribution in [3.05, 3.63) is 70.3 Å². The minimum Gasteiger partial charge on any atom is -0.349 e. The maximum Gasteiger partial charge on any atom is 0.251 e. The average Bonchev–Trinajstić information content (AvgIpc) is 2.78. The van der Waals surface area contributed by atoms with Crippen LogP contribution < -0.4 is 5.32 Å². The minimum absolute atomic E-state index is 0.0403. The lowest BCUT2D eigenvalue weighted by Crippen LogP contribution is -2.45. The van der Waals surface area contributed by atoms with Crippen molar-refractivity contribution in [2.45, 2.75) is 71.3 Å². The Kier molecular flexibility index (Phi) is 6.51. The molecule has 4 nitrogen and oxygen atoms in total. The van der Waals surface area contributed by atoms with Crippen molar-refractivity contribution >= 4 is 17.5 Å². The Balaban J connectivity index is 1.44. The minimum atomic E-state index is -0.658. The molecule has 0 aliphatic heterocycles. The van der Waals surface area contributed by atoms with E-state index in [4.69, 9.17) is 0 Å². The van der Waals surface area contributed by atoms with E-state index in [1.807, 2.05) is 56.3 Å². The van der Waals surface area contributed by atoms with Crippen LogP contribution in [-0.2, 0) is 9.59 Å². The zero-order chi connectivity index (χ0) is 23.6. The molecule has 2 aromatic carbocycles. The van der Waals surface area contributed by atoms with Gasteiger partial charge in [-0.25, -0.2) is 0 Å². The number of rotatable bonds is 3. The van der Waals surface area contributed by atoms with E-state index >= 15 is 0 Å². The van der Waals surface area contributed by atoms with Crippen LogP contribution in [0, 0.1) is 31.1 Å². The first-order valence-electron chi connectivity index (χ1n) is 11.8. The molecule has 4 rings (SSSR count). The molecule has 2 saturated carbocycles. The van der Waals surface area contributed by atoms with Crippen molar-refractivity contribution in [1.82, 2.24) is 5.32 Å². The number of hydrogen-bond donors (Lipinski definition) is 1. The highest BCUT2D eigenvalue weighted by Crippen LogP contribution is 2.49. The molecule has 2 fully saturated rings. The van der Waals surface area contributed by atoms with Crippen LogP contribution in [0.1, 0.15) is 84.0 Å². The van der Waals surface area contributed by atoms with Crippen molar-refractivity contribution in [2.24, 2.45) is 5.41 Å². The molecule has 0 aromatic heterocycles. The fourth-order valence-electron chi connectivity index (χ4n) is 5.74. The van der Waals surface area contributed by atoms with Crippen LogP contribution in [-0.4, -0.2) is 23.5 Å². The van der Waals surface area contributed by atoms with Gasteiger partial charge in [-0.15, -0.1) is 5.92 Å². The summed E-state index contributed by atoms with van der Waals surface area (Å²) in [4.78, 5) is 39.1. The molecule has 1 N–H and O–H groups in total. The number of amides is 1. The first-order chi connectivity index (χ1) is 15.8. The van der Waals surface area contributed by atoms with Gasteiger partial charge < -0.3 is 5.32 Å². The van der Waals surface area contributed by atoms with Gasteiger partial charge in [0.2, 0.25) is 0 Å². The summed E-state index contributed by atoms with van der Waals surface area (Å²) in [6, 6.07) is 13.3. The number of carbonyl (C=O) groups excluding carboxylic acids is 3. The molecular formula is C29H31NO3. The topological polar surface area (TPSA) is 63.2 Å². The van der Waals surface area contributed by atoms with Crippen molar-refractivity contribution in [3.63, 3.8) is 0 Å². The smallest absolute Gasteiger partial charge is 0.251 e. The van der Waals surface area contributed by atoms with E-state index in [0.717, 1.165) is 47.9 Å². The third kappa shape index (κ3) is 4.78. The lowest BCUT2D eigenvalue weighted by Gasteiger charge is -2.43. The number of benzene rings is 2. The predicted octanol–water partition coefficient (Wildman–Crippen LogP) is 5.05. The highest BCUT2D eigenvalue weighted by molar-refractivity contribution is 6.10. The predicted molar refractivity (Wildman–Crippen MR) is 129 cm³/mol. The fraction of sp³-hybridized carbons (Fsp3) is 0.414. The zero-order valence-electron chi connectivity index (χ0n) is 19.7. The summed E-state index contributed by atoms with van der Waals surface area (Å²) in [5.41, 5.74) is 4.11. The molecule has 0 bridgehead atoms. The second kappa shape index (κ2) is 9.35. The van der Waals surface area contributed by atoms with Crippen LogP contribution in [0.3, 0.4) is 0 Å². The van der Waals surface area contributed by atoms with Crippen LogP contribution in [0.15, 0.2) is 42.5 Å². The van der Waals surface area contributed by atoms with Gasteiger partial charge in [-0.2, -0.15) is 0 Å². The number of aryl methyl sites for hydroxylation is 2. The summed E-state index contributed by atoms with van der Waals surface area (Å²) < 4.78 is 0. The molecule has 0 saturated heterocycles. The number of nitrogens with one attached hydrogen (secondary N) is 1. The molecule has 0 heterocycles. The Hall–Kier alpha value is -3.19. The van der Waals surface area contributed by atoms with Crippen LogP contribution in [0.5, 0.6) is 0 Å². The molecule has 1 amide bonds. The Morgan fingerprint density at radius 1 is 0.970 bits per heavy atom.